The summed E-state index contributed by atoms with van der Waals surface area (Å²) in [4.78, 5) is 48.1. The van der Waals surface area contributed by atoms with Crippen LogP contribution in [0.2, 0.25) is 0 Å². The molecular formula is C30H35BrO10. The average molecular weight is 636 g/mol. The number of aryl methyl sites for hydroxylation is 1. The molecular weight excluding hydrogens is 600 g/mol. The van der Waals surface area contributed by atoms with Crippen molar-refractivity contribution < 1.29 is 48.0 Å². The number of hydrogen-bond acceptors (Lipinski definition) is 10. The molecule has 1 aliphatic rings. The predicted molar refractivity (Wildman–Crippen MR) is 150 cm³/mol. The normalized spacial score (nSPS) is 23.8. The third kappa shape index (κ3) is 7.93. The second kappa shape index (κ2) is 13.6. The summed E-state index contributed by atoms with van der Waals surface area (Å²) >= 11 is 3.56. The maximum atomic E-state index is 12.3. The van der Waals surface area contributed by atoms with E-state index in [9.17, 15) is 24.3 Å². The first-order chi connectivity index (χ1) is 19.2. The lowest BCUT2D eigenvalue weighted by atomic mass is 9.85. The summed E-state index contributed by atoms with van der Waals surface area (Å²) in [7, 11) is 0. The van der Waals surface area contributed by atoms with E-state index >= 15 is 0 Å². The zero-order valence-electron chi connectivity index (χ0n) is 23.9. The summed E-state index contributed by atoms with van der Waals surface area (Å²) in [6, 6.07) is 11.5. The lowest BCUT2D eigenvalue weighted by Gasteiger charge is -2.48. The van der Waals surface area contributed by atoms with Crippen LogP contribution >= 0.6 is 15.9 Å². The van der Waals surface area contributed by atoms with Gasteiger partial charge in [-0.3, -0.25) is 19.2 Å². The molecule has 2 aromatic carbocycles. The molecule has 0 bridgehead atoms. The van der Waals surface area contributed by atoms with E-state index < -0.39 is 60.7 Å². The van der Waals surface area contributed by atoms with Crippen molar-refractivity contribution in [3.05, 3.63) is 68.7 Å². The molecule has 41 heavy (non-hydrogen) atoms. The second-order valence-corrected chi connectivity index (χ2v) is 10.8. The fourth-order valence-electron chi connectivity index (χ4n) is 4.75. The van der Waals surface area contributed by atoms with Crippen LogP contribution in [-0.4, -0.2) is 60.0 Å². The highest BCUT2D eigenvalue weighted by Crippen LogP contribution is 2.42. The number of esters is 4. The minimum Gasteiger partial charge on any atom is -0.463 e. The Hall–Kier alpha value is -3.28. The fourth-order valence-corrected chi connectivity index (χ4v) is 5.25. The van der Waals surface area contributed by atoms with Crippen LogP contribution in [0.1, 0.15) is 62.4 Å². The Morgan fingerprint density at radius 2 is 1.44 bits per heavy atom. The van der Waals surface area contributed by atoms with Gasteiger partial charge >= 0.3 is 23.9 Å². The summed E-state index contributed by atoms with van der Waals surface area (Å²) in [5.74, 6) is -5.42. The Balaban J connectivity index is 2.17. The van der Waals surface area contributed by atoms with E-state index in [-0.39, 0.29) is 5.56 Å². The van der Waals surface area contributed by atoms with Crippen molar-refractivity contribution in [2.24, 2.45) is 0 Å². The van der Waals surface area contributed by atoms with Gasteiger partial charge in [-0.1, -0.05) is 47.1 Å². The van der Waals surface area contributed by atoms with Gasteiger partial charge in [0.25, 0.3) is 0 Å². The average Bonchev–Trinajstić information content (AvgIpc) is 2.89. The molecule has 222 valence electrons. The zero-order valence-corrected chi connectivity index (χ0v) is 25.5. The van der Waals surface area contributed by atoms with Gasteiger partial charge in [0.05, 0.1) is 0 Å². The van der Waals surface area contributed by atoms with Gasteiger partial charge in [-0.15, -0.1) is 0 Å². The monoisotopic (exact) mass is 634 g/mol. The Kier molecular flexibility index (Phi) is 10.7. The van der Waals surface area contributed by atoms with Gasteiger partial charge in [0.2, 0.25) is 11.9 Å². The first kappa shape index (κ1) is 32.2. The molecule has 1 fully saturated rings. The highest BCUT2D eigenvalue weighted by Gasteiger charge is 2.60. The van der Waals surface area contributed by atoms with Gasteiger partial charge < -0.3 is 28.8 Å². The summed E-state index contributed by atoms with van der Waals surface area (Å²) in [5.41, 5.74) is 4.14. The molecule has 1 aliphatic heterocycles. The van der Waals surface area contributed by atoms with E-state index in [2.05, 4.69) is 35.0 Å². The van der Waals surface area contributed by atoms with Crippen molar-refractivity contribution in [3.8, 4) is 0 Å². The summed E-state index contributed by atoms with van der Waals surface area (Å²) in [5, 5.41) is 12.2. The van der Waals surface area contributed by atoms with Crippen molar-refractivity contribution in [1.29, 1.82) is 0 Å². The van der Waals surface area contributed by atoms with Crippen molar-refractivity contribution in [3.63, 3.8) is 0 Å². The molecule has 11 heteroatoms. The van der Waals surface area contributed by atoms with Crippen molar-refractivity contribution in [1.82, 2.24) is 0 Å². The highest BCUT2D eigenvalue weighted by atomic mass is 79.9. The first-order valence-corrected chi connectivity index (χ1v) is 14.0. The number of benzene rings is 2. The SMILES string of the molecule is CCc1ccc(Cc2cc([C@]3(O)O[C@H](COC(C)=O)[C@@H](OC(C)=O)[C@H](OC(C)=O)[C@H]3OC(C)=O)cc(Br)c2C)cc1. The van der Waals surface area contributed by atoms with Gasteiger partial charge in [-0.2, -0.15) is 0 Å². The molecule has 0 aliphatic carbocycles. The van der Waals surface area contributed by atoms with E-state index in [1.807, 2.05) is 19.1 Å². The number of aliphatic hydroxyl groups is 1. The lowest BCUT2D eigenvalue weighted by molar-refractivity contribution is -0.360. The molecule has 0 amide bonds. The molecule has 3 rings (SSSR count). The number of carbonyl (C=O) groups is 4. The van der Waals surface area contributed by atoms with Gasteiger partial charge in [0, 0.05) is 37.7 Å². The lowest BCUT2D eigenvalue weighted by Crippen LogP contribution is -2.66. The highest BCUT2D eigenvalue weighted by molar-refractivity contribution is 9.10. The van der Waals surface area contributed by atoms with Crippen LogP contribution in [-0.2, 0) is 61.5 Å². The summed E-state index contributed by atoms with van der Waals surface area (Å²) in [6.45, 7) is 8.09. The Bertz CT molecular complexity index is 1290. The number of halogens is 1. The van der Waals surface area contributed by atoms with E-state index in [4.69, 9.17) is 23.7 Å². The number of hydrogen-bond donors (Lipinski definition) is 1. The van der Waals surface area contributed by atoms with Crippen molar-refractivity contribution in [2.45, 2.75) is 84.6 Å². The molecule has 0 radical (unpaired) electrons. The maximum Gasteiger partial charge on any atom is 0.303 e. The van der Waals surface area contributed by atoms with Gasteiger partial charge in [0.1, 0.15) is 12.7 Å². The summed E-state index contributed by atoms with van der Waals surface area (Å²) in [6.07, 6.45) is -4.43. The number of ether oxygens (including phenoxy) is 5. The Labute approximate surface area is 247 Å². The smallest absolute Gasteiger partial charge is 0.303 e. The van der Waals surface area contributed by atoms with E-state index in [1.165, 1.54) is 12.5 Å². The molecule has 1 saturated heterocycles. The van der Waals surface area contributed by atoms with Crippen LogP contribution in [0.3, 0.4) is 0 Å². The van der Waals surface area contributed by atoms with Crippen LogP contribution in [0.25, 0.3) is 0 Å². The van der Waals surface area contributed by atoms with Crippen LogP contribution < -0.4 is 0 Å². The molecule has 0 spiro atoms. The third-order valence-corrected chi connectivity index (χ3v) is 7.57. The van der Waals surface area contributed by atoms with Gasteiger partial charge in [0.15, 0.2) is 12.2 Å². The molecule has 0 saturated carbocycles. The van der Waals surface area contributed by atoms with Crippen LogP contribution in [0.15, 0.2) is 40.9 Å². The Morgan fingerprint density at radius 3 is 1.98 bits per heavy atom. The third-order valence-electron chi connectivity index (χ3n) is 6.74. The standard InChI is InChI=1S/C30H35BrO10/c1-7-21-8-10-22(11-9-21)12-23-13-24(14-25(31)16(23)2)30(36)29(40-20(6)35)28(39-19(5)34)27(38-18(4)33)26(41-30)15-37-17(3)32/h8-11,13-14,26-29,36H,7,12,15H2,1-6H3/t26-,27-,28+,29-,30+/m1/s1. The van der Waals surface area contributed by atoms with Gasteiger partial charge in [-0.25, -0.2) is 0 Å². The predicted octanol–water partition coefficient (Wildman–Crippen LogP) is 3.81. The molecule has 10 nitrogen and oxygen atoms in total. The topological polar surface area (TPSA) is 135 Å². The summed E-state index contributed by atoms with van der Waals surface area (Å²) < 4.78 is 28.3. The number of carbonyl (C=O) groups excluding carboxylic acids is 4. The molecule has 5 atom stereocenters. The van der Waals surface area contributed by atoms with Crippen LogP contribution in [0.5, 0.6) is 0 Å². The quantitative estimate of drug-likeness (QED) is 0.320. The first-order valence-electron chi connectivity index (χ1n) is 13.2. The zero-order chi connectivity index (χ0) is 30.5. The molecule has 2 aromatic rings. The second-order valence-electron chi connectivity index (χ2n) is 9.92. The molecule has 1 heterocycles. The number of rotatable bonds is 9. The minimum atomic E-state index is -2.41. The fraction of sp³-hybridized carbons (Fsp3) is 0.467. The molecule has 0 aromatic heterocycles. The van der Waals surface area contributed by atoms with E-state index in [0.717, 1.165) is 43.9 Å². The Morgan fingerprint density at radius 1 is 0.878 bits per heavy atom. The molecule has 0 unspecified atom stereocenters. The van der Waals surface area contributed by atoms with Crippen molar-refractivity contribution in [2.75, 3.05) is 6.61 Å². The largest absolute Gasteiger partial charge is 0.463 e. The van der Waals surface area contributed by atoms with E-state index in [0.29, 0.717) is 10.9 Å². The van der Waals surface area contributed by atoms with Crippen LogP contribution in [0.4, 0.5) is 0 Å². The maximum absolute atomic E-state index is 12.3. The van der Waals surface area contributed by atoms with Gasteiger partial charge in [-0.05, 0) is 54.2 Å². The minimum absolute atomic E-state index is 0.174. The van der Waals surface area contributed by atoms with E-state index in [1.54, 1.807) is 12.1 Å². The van der Waals surface area contributed by atoms with Crippen molar-refractivity contribution >= 4 is 39.8 Å². The molecule has 1 N–H and O–H groups in total. The van der Waals surface area contributed by atoms with Crippen LogP contribution in [0, 0.1) is 6.92 Å².